The first-order valence-electron chi connectivity index (χ1n) is 19.1. The van der Waals surface area contributed by atoms with Crippen LogP contribution in [0.3, 0.4) is 0 Å². The maximum atomic E-state index is 14.4. The Balaban J connectivity index is 1.52. The zero-order valence-corrected chi connectivity index (χ0v) is 45.0. The van der Waals surface area contributed by atoms with E-state index in [-0.39, 0.29) is 31.1 Å². The third-order valence-electron chi connectivity index (χ3n) is 9.80. The SMILES string of the molecule is C#CCOC(=O)c1c2c(c([C](c3c4c(c(C(=O)O)c5c3SC(C)(C)S5)SC(C)(C)S4)c3c4c(c(C(=O)O)c5c3SC(C)(C)S5)SC(C)(C)S4)c3c1SC(C)(C)S3)SC(C)(C)S2. The van der Waals surface area contributed by atoms with E-state index in [1.54, 1.807) is 141 Å². The van der Waals surface area contributed by atoms with Gasteiger partial charge in [0.25, 0.3) is 0 Å². The highest BCUT2D eigenvalue weighted by Gasteiger charge is 2.54. The fraction of sp³-hybridized carbons (Fsp3) is 0.442. The van der Waals surface area contributed by atoms with E-state index in [1.165, 1.54) is 0 Å². The first-order chi connectivity index (χ1) is 28.1. The third-order valence-corrected chi connectivity index (χ3v) is 26.8. The Hall–Kier alpha value is -0.170. The number of rotatable bonds is 7. The minimum Gasteiger partial charge on any atom is -0.478 e. The van der Waals surface area contributed by atoms with Crippen LogP contribution in [0.1, 0.15) is 131 Å². The highest BCUT2D eigenvalue weighted by Crippen LogP contribution is 2.74. The van der Waals surface area contributed by atoms with Crippen LogP contribution in [0.2, 0.25) is 0 Å². The molecule has 61 heavy (non-hydrogen) atoms. The molecule has 0 unspecified atom stereocenters. The lowest BCUT2D eigenvalue weighted by Crippen LogP contribution is -2.18. The molecule has 6 aliphatic heterocycles. The van der Waals surface area contributed by atoms with Crippen LogP contribution in [0.25, 0.3) is 0 Å². The first-order valence-corrected chi connectivity index (χ1v) is 28.9. The number of esters is 1. The van der Waals surface area contributed by atoms with Crippen molar-refractivity contribution in [2.45, 2.75) is 166 Å². The van der Waals surface area contributed by atoms with Gasteiger partial charge in [0, 0.05) is 58.7 Å². The van der Waals surface area contributed by atoms with Crippen LogP contribution in [0.4, 0.5) is 0 Å². The van der Waals surface area contributed by atoms with Gasteiger partial charge in [-0.2, -0.15) is 0 Å². The number of carbonyl (C=O) groups is 3. The highest BCUT2D eigenvalue weighted by atomic mass is 32.2. The van der Waals surface area contributed by atoms with E-state index in [0.29, 0.717) is 16.7 Å². The molecule has 0 saturated carbocycles. The van der Waals surface area contributed by atoms with Gasteiger partial charge < -0.3 is 14.9 Å². The van der Waals surface area contributed by atoms with Crippen LogP contribution in [0, 0.1) is 18.3 Å². The predicted molar refractivity (Wildman–Crippen MR) is 268 cm³/mol. The summed E-state index contributed by atoms with van der Waals surface area (Å²) in [4.78, 5) is 52.0. The molecule has 3 aromatic rings. The van der Waals surface area contributed by atoms with Crippen molar-refractivity contribution >= 4 is 159 Å². The summed E-state index contributed by atoms with van der Waals surface area (Å²) in [7, 11) is 0. The van der Waals surface area contributed by atoms with Crippen molar-refractivity contribution in [2.24, 2.45) is 0 Å². The summed E-state index contributed by atoms with van der Waals surface area (Å²) in [5.41, 5.74) is 4.26. The van der Waals surface area contributed by atoms with Gasteiger partial charge in [0.2, 0.25) is 0 Å². The molecular formula is C43H41O6S12. The molecule has 0 atom stereocenters. The molecule has 1 radical (unpaired) electrons. The molecule has 0 bridgehead atoms. The largest absolute Gasteiger partial charge is 0.478 e. The third kappa shape index (κ3) is 7.83. The van der Waals surface area contributed by atoms with E-state index in [1.807, 2.05) is 0 Å². The molecule has 3 aromatic carbocycles. The fourth-order valence-corrected chi connectivity index (χ4v) is 25.7. The van der Waals surface area contributed by atoms with E-state index in [2.05, 4.69) is 89.0 Å². The Morgan fingerprint density at radius 3 is 0.803 bits per heavy atom. The number of hydrogen-bond acceptors (Lipinski definition) is 16. The second kappa shape index (κ2) is 15.2. The summed E-state index contributed by atoms with van der Waals surface area (Å²) in [6, 6.07) is 0. The Morgan fingerprint density at radius 1 is 0.410 bits per heavy atom. The number of ether oxygens (including phenoxy) is 1. The quantitative estimate of drug-likeness (QED) is 0.133. The molecule has 0 amide bonds. The van der Waals surface area contributed by atoms with Crippen molar-refractivity contribution in [3.05, 3.63) is 39.3 Å². The summed E-state index contributed by atoms with van der Waals surface area (Å²) in [6.45, 7) is 25.8. The topological polar surface area (TPSA) is 101 Å². The maximum absolute atomic E-state index is 14.4. The van der Waals surface area contributed by atoms with E-state index >= 15 is 0 Å². The maximum Gasteiger partial charge on any atom is 0.341 e. The monoisotopic (exact) mass is 1040 g/mol. The average Bonchev–Trinajstić information content (AvgIpc) is 3.91. The Labute approximate surface area is 408 Å². The molecule has 0 saturated heterocycles. The average molecular weight is 1040 g/mol. The molecule has 6 aliphatic rings. The normalized spacial score (nSPS) is 22.0. The van der Waals surface area contributed by atoms with Gasteiger partial charge in [0.15, 0.2) is 6.61 Å². The van der Waals surface area contributed by atoms with Gasteiger partial charge in [0.1, 0.15) is 0 Å². The molecule has 9 rings (SSSR count). The van der Waals surface area contributed by atoms with Gasteiger partial charge in [0.05, 0.1) is 47.1 Å². The number of hydrogen-bond donors (Lipinski definition) is 2. The molecule has 0 aromatic heterocycles. The van der Waals surface area contributed by atoms with Gasteiger partial charge in [-0.1, -0.05) is 5.92 Å². The van der Waals surface area contributed by atoms with Crippen molar-refractivity contribution in [1.29, 1.82) is 0 Å². The van der Waals surface area contributed by atoms with Crippen LogP contribution in [-0.4, -0.2) is 59.2 Å². The minimum atomic E-state index is -0.939. The second-order valence-electron chi connectivity index (χ2n) is 17.6. The number of carboxylic acids is 2. The molecule has 0 aliphatic carbocycles. The fourth-order valence-electron chi connectivity index (χ4n) is 8.03. The number of carbonyl (C=O) groups excluding carboxylic acids is 1. The lowest BCUT2D eigenvalue weighted by atomic mass is 9.83. The number of fused-ring (bicyclic) bond motifs is 6. The number of benzene rings is 3. The van der Waals surface area contributed by atoms with Crippen molar-refractivity contribution < 1.29 is 29.3 Å². The van der Waals surface area contributed by atoms with Crippen LogP contribution >= 0.6 is 141 Å². The summed E-state index contributed by atoms with van der Waals surface area (Å²) >= 11 is 20.1. The van der Waals surface area contributed by atoms with Crippen molar-refractivity contribution in [2.75, 3.05) is 6.61 Å². The van der Waals surface area contributed by atoms with Crippen LogP contribution < -0.4 is 0 Å². The summed E-state index contributed by atoms with van der Waals surface area (Å²) in [6.07, 6.45) is 5.64. The van der Waals surface area contributed by atoms with Crippen LogP contribution in [0.15, 0.2) is 58.7 Å². The Bertz CT molecular complexity index is 2370. The molecule has 6 heterocycles. The van der Waals surface area contributed by atoms with Gasteiger partial charge in [-0.05, 0) is 99.8 Å². The van der Waals surface area contributed by atoms with E-state index in [9.17, 15) is 24.6 Å². The Morgan fingerprint density at radius 2 is 0.607 bits per heavy atom. The molecule has 6 nitrogen and oxygen atoms in total. The molecule has 0 spiro atoms. The van der Waals surface area contributed by atoms with Gasteiger partial charge >= 0.3 is 17.9 Å². The molecule has 0 fully saturated rings. The summed E-state index contributed by atoms with van der Waals surface area (Å²) in [5, 5.41) is 22.2. The van der Waals surface area contributed by atoms with Crippen molar-refractivity contribution in [3.8, 4) is 12.3 Å². The highest BCUT2D eigenvalue weighted by molar-refractivity contribution is 8.23. The van der Waals surface area contributed by atoms with Crippen molar-refractivity contribution in [1.82, 2.24) is 0 Å². The number of carboxylic acid groups (broad SMARTS) is 2. The van der Waals surface area contributed by atoms with Crippen molar-refractivity contribution in [3.63, 3.8) is 0 Å². The zero-order chi connectivity index (χ0) is 44.3. The van der Waals surface area contributed by atoms with E-state index < -0.39 is 17.9 Å². The number of aromatic carboxylic acids is 2. The lowest BCUT2D eigenvalue weighted by molar-refractivity contribution is 0.0546. The molecule has 2 N–H and O–H groups in total. The molecule has 18 heteroatoms. The van der Waals surface area contributed by atoms with Gasteiger partial charge in [-0.25, -0.2) is 14.4 Å². The zero-order valence-electron chi connectivity index (χ0n) is 35.2. The number of terminal acetylenes is 1. The van der Waals surface area contributed by atoms with Crippen LogP contribution in [-0.2, 0) is 4.74 Å². The van der Waals surface area contributed by atoms with E-state index in [0.717, 1.165) is 81.4 Å². The standard InChI is InChI=1S/C43H41O6S12/c1-14-15-49-37(48)22-33-27(54-42(10,11)60-33)19(28-34(22)61-43(12,13)55-28)16(17-23-29(56-38(2,3)50-23)20(35(44)45)30-24(17)51-39(4,5)57-30)18-25-31(58-40(6,7)52-25)21(36(46)47)32-26(18)53-41(8,9)59-32/h1H,15H2,2-13H3,(H,44,45)(H,46,47). The summed E-state index contributed by atoms with van der Waals surface area (Å²) < 4.78 is 3.53. The first kappa shape index (κ1) is 46.0. The Kier molecular flexibility index (Phi) is 11.4. The van der Waals surface area contributed by atoms with Crippen LogP contribution in [0.5, 0.6) is 0 Å². The number of thioether (sulfide) groups is 12. The smallest absolute Gasteiger partial charge is 0.341 e. The van der Waals surface area contributed by atoms with Gasteiger partial charge in [-0.15, -0.1) is 148 Å². The lowest BCUT2D eigenvalue weighted by Gasteiger charge is -2.31. The minimum absolute atomic E-state index is 0.142. The van der Waals surface area contributed by atoms with Gasteiger partial charge in [-0.3, -0.25) is 0 Å². The van der Waals surface area contributed by atoms with E-state index in [4.69, 9.17) is 11.2 Å². The second-order valence-corrected chi connectivity index (χ2v) is 38.7. The summed E-state index contributed by atoms with van der Waals surface area (Å²) in [5.74, 6) is 1.14. The predicted octanol–water partition coefficient (Wildman–Crippen LogP) is 15.5. The molecular weight excluding hydrogens is 997 g/mol. The molecule has 321 valence electrons.